The highest BCUT2D eigenvalue weighted by atomic mass is 32.2. The van der Waals surface area contributed by atoms with Crippen LogP contribution in [0.1, 0.15) is 42.1 Å². The summed E-state index contributed by atoms with van der Waals surface area (Å²) in [6.07, 6.45) is 0. The number of carbonyl (C=O) groups excluding carboxylic acids is 3. The lowest BCUT2D eigenvalue weighted by Crippen LogP contribution is -2.50. The van der Waals surface area contributed by atoms with Crippen molar-refractivity contribution in [1.82, 2.24) is 4.90 Å². The van der Waals surface area contributed by atoms with Gasteiger partial charge in [-0.3, -0.25) is 14.4 Å². The molecule has 0 unspecified atom stereocenters. The molecule has 2 atom stereocenters. The molecule has 0 bridgehead atoms. The lowest BCUT2D eigenvalue weighted by molar-refractivity contribution is -0.121. The second-order valence-corrected chi connectivity index (χ2v) is 9.60. The molecule has 3 amide bonds. The average Bonchev–Trinajstić information content (AvgIpc) is 3.11. The third-order valence-corrected chi connectivity index (χ3v) is 6.86. The number of benzene rings is 2. The van der Waals surface area contributed by atoms with Crippen molar-refractivity contribution in [3.05, 3.63) is 53.6 Å². The molecule has 2 aromatic carbocycles. The smallest absolute Gasteiger partial charge is 0.256 e. The second kappa shape index (κ2) is 7.36. The summed E-state index contributed by atoms with van der Waals surface area (Å²) in [5.41, 5.74) is 2.57. The first-order valence-electron chi connectivity index (χ1n) is 9.59. The molecule has 1 fully saturated rings. The third kappa shape index (κ3) is 3.31. The van der Waals surface area contributed by atoms with Crippen molar-refractivity contribution < 1.29 is 19.1 Å². The fourth-order valence-electron chi connectivity index (χ4n) is 4.09. The molecule has 7 nitrogen and oxygen atoms in total. The van der Waals surface area contributed by atoms with Crippen molar-refractivity contribution in [2.75, 3.05) is 17.7 Å². The van der Waals surface area contributed by atoms with Crippen LogP contribution in [0, 0.1) is 0 Å². The molecule has 2 aliphatic heterocycles. The lowest BCUT2D eigenvalue weighted by Gasteiger charge is -2.29. The molecule has 0 saturated carbocycles. The summed E-state index contributed by atoms with van der Waals surface area (Å²) < 4.78 is 4.88. The van der Waals surface area contributed by atoms with E-state index in [-0.39, 0.29) is 23.1 Å². The van der Waals surface area contributed by atoms with Gasteiger partial charge < -0.3 is 20.3 Å². The number of rotatable bonds is 4. The van der Waals surface area contributed by atoms with E-state index in [0.717, 1.165) is 5.56 Å². The quantitative estimate of drug-likeness (QED) is 0.781. The fourth-order valence-corrected chi connectivity index (χ4v) is 5.68. The number of methoxy groups -OCH3 is 1. The monoisotopic (exact) mass is 425 g/mol. The Morgan fingerprint density at radius 2 is 1.87 bits per heavy atom. The normalized spacial score (nSPS) is 21.1. The number of thioether (sulfide) groups is 1. The maximum absolute atomic E-state index is 13.4. The van der Waals surface area contributed by atoms with Crippen LogP contribution in [0.5, 0.6) is 5.75 Å². The summed E-state index contributed by atoms with van der Waals surface area (Å²) in [4.78, 5) is 39.6. The molecule has 30 heavy (non-hydrogen) atoms. The molecule has 0 radical (unpaired) electrons. The number of fused-ring (bicyclic) bond motifs is 3. The highest BCUT2D eigenvalue weighted by molar-refractivity contribution is 8.01. The number of carbonyl (C=O) groups is 3. The van der Waals surface area contributed by atoms with Gasteiger partial charge in [0.05, 0.1) is 12.8 Å². The summed E-state index contributed by atoms with van der Waals surface area (Å²) in [6, 6.07) is 11.8. The van der Waals surface area contributed by atoms with Gasteiger partial charge in [-0.25, -0.2) is 0 Å². The third-order valence-electron chi connectivity index (χ3n) is 5.32. The molecule has 1 saturated heterocycles. The Kier molecular flexibility index (Phi) is 4.97. The van der Waals surface area contributed by atoms with Crippen molar-refractivity contribution in [3.63, 3.8) is 0 Å². The van der Waals surface area contributed by atoms with Crippen LogP contribution in [-0.2, 0) is 9.59 Å². The molecular formula is C22H23N3O4S. The Bertz CT molecular complexity index is 1050. The predicted molar refractivity (Wildman–Crippen MR) is 117 cm³/mol. The van der Waals surface area contributed by atoms with Gasteiger partial charge in [-0.2, -0.15) is 0 Å². The first-order chi connectivity index (χ1) is 14.2. The van der Waals surface area contributed by atoms with Gasteiger partial charge in [-0.05, 0) is 43.7 Å². The summed E-state index contributed by atoms with van der Waals surface area (Å²) in [5.74, 6) is -0.176. The molecule has 2 aliphatic rings. The molecule has 156 valence electrons. The van der Waals surface area contributed by atoms with Crippen LogP contribution in [0.2, 0.25) is 0 Å². The fraction of sp³-hybridized carbons (Fsp3) is 0.318. The van der Waals surface area contributed by atoms with Crippen LogP contribution in [0.4, 0.5) is 11.4 Å². The zero-order valence-electron chi connectivity index (χ0n) is 17.2. The van der Waals surface area contributed by atoms with Crippen LogP contribution in [0.15, 0.2) is 42.5 Å². The predicted octanol–water partition coefficient (Wildman–Crippen LogP) is 3.64. The number of hydrogen-bond acceptors (Lipinski definition) is 5. The van der Waals surface area contributed by atoms with E-state index in [0.29, 0.717) is 22.7 Å². The first-order valence-corrected chi connectivity index (χ1v) is 10.5. The number of amides is 3. The summed E-state index contributed by atoms with van der Waals surface area (Å²) >= 11 is 1.61. The van der Waals surface area contributed by atoms with Gasteiger partial charge >= 0.3 is 0 Å². The topological polar surface area (TPSA) is 87.7 Å². The zero-order chi connectivity index (χ0) is 21.6. The Morgan fingerprint density at radius 3 is 2.57 bits per heavy atom. The highest BCUT2D eigenvalue weighted by Gasteiger charge is 2.57. The van der Waals surface area contributed by atoms with Crippen molar-refractivity contribution in [2.45, 2.75) is 36.9 Å². The van der Waals surface area contributed by atoms with Gasteiger partial charge in [0.25, 0.3) is 5.91 Å². The van der Waals surface area contributed by atoms with E-state index in [1.165, 1.54) is 14.0 Å². The minimum absolute atomic E-state index is 0.132. The highest BCUT2D eigenvalue weighted by Crippen LogP contribution is 2.56. The van der Waals surface area contributed by atoms with Crippen molar-refractivity contribution >= 4 is 40.9 Å². The maximum atomic E-state index is 13.4. The van der Waals surface area contributed by atoms with Gasteiger partial charge in [0, 0.05) is 22.9 Å². The van der Waals surface area contributed by atoms with Crippen LogP contribution in [0.25, 0.3) is 0 Å². The summed E-state index contributed by atoms with van der Waals surface area (Å²) in [7, 11) is 1.51. The van der Waals surface area contributed by atoms with Crippen molar-refractivity contribution in [1.29, 1.82) is 0 Å². The Hall–Kier alpha value is -3.00. The molecule has 0 aliphatic carbocycles. The van der Waals surface area contributed by atoms with Crippen molar-refractivity contribution in [3.8, 4) is 5.75 Å². The number of nitrogens with one attached hydrogen (secondary N) is 2. The van der Waals surface area contributed by atoms with E-state index in [9.17, 15) is 14.4 Å². The molecule has 0 aromatic heterocycles. The number of ether oxygens (including phenoxy) is 1. The Balaban J connectivity index is 1.65. The van der Waals surface area contributed by atoms with Gasteiger partial charge in [-0.1, -0.05) is 18.2 Å². The number of hydrogen-bond donors (Lipinski definition) is 2. The SMILES string of the molecule is COc1ccc(NC(C)=O)cc1NC(=O)[C@@H]1N2C(=O)c3ccccc3[C@@H]2SC1(C)C. The molecule has 4 rings (SSSR count). The van der Waals surface area contributed by atoms with E-state index >= 15 is 0 Å². The molecule has 2 N–H and O–H groups in total. The molecule has 8 heteroatoms. The zero-order valence-corrected chi connectivity index (χ0v) is 18.0. The van der Waals surface area contributed by atoms with Crippen LogP contribution in [0.3, 0.4) is 0 Å². The van der Waals surface area contributed by atoms with E-state index in [1.54, 1.807) is 40.9 Å². The van der Waals surface area contributed by atoms with Gasteiger partial charge in [0.2, 0.25) is 11.8 Å². The minimum atomic E-state index is -0.665. The Labute approximate surface area is 179 Å². The van der Waals surface area contributed by atoms with Crippen LogP contribution >= 0.6 is 11.8 Å². The van der Waals surface area contributed by atoms with Crippen molar-refractivity contribution in [2.24, 2.45) is 0 Å². The minimum Gasteiger partial charge on any atom is -0.495 e. The second-order valence-electron chi connectivity index (χ2n) is 7.86. The molecule has 2 aromatic rings. The summed E-state index contributed by atoms with van der Waals surface area (Å²) in [5, 5.41) is 5.42. The number of nitrogens with zero attached hydrogens (tertiary/aromatic N) is 1. The van der Waals surface area contributed by atoms with Gasteiger partial charge in [0.1, 0.15) is 17.2 Å². The van der Waals surface area contributed by atoms with Gasteiger partial charge in [-0.15, -0.1) is 11.8 Å². The maximum Gasteiger partial charge on any atom is 0.256 e. The standard InChI is InChI=1S/C22H23N3O4S/c1-12(26)23-13-9-10-17(29-4)16(11-13)24-19(27)18-22(2,3)30-21-15-8-6-5-7-14(15)20(28)25(18)21/h5-11,18,21H,1-4H3,(H,23,26)(H,24,27)/t18-,21-/m0/s1. The van der Waals surface area contributed by atoms with E-state index in [4.69, 9.17) is 4.74 Å². The van der Waals surface area contributed by atoms with E-state index in [2.05, 4.69) is 10.6 Å². The molecular weight excluding hydrogens is 402 g/mol. The van der Waals surface area contributed by atoms with E-state index in [1.807, 2.05) is 32.0 Å². The van der Waals surface area contributed by atoms with Crippen LogP contribution in [-0.4, -0.2) is 40.5 Å². The molecule has 2 heterocycles. The van der Waals surface area contributed by atoms with Crippen LogP contribution < -0.4 is 15.4 Å². The Morgan fingerprint density at radius 1 is 1.13 bits per heavy atom. The van der Waals surface area contributed by atoms with Gasteiger partial charge in [0.15, 0.2) is 0 Å². The largest absolute Gasteiger partial charge is 0.495 e. The lowest BCUT2D eigenvalue weighted by atomic mass is 10.0. The number of anilines is 2. The molecule has 0 spiro atoms. The summed E-state index contributed by atoms with van der Waals surface area (Å²) in [6.45, 7) is 5.36. The first kappa shape index (κ1) is 20.3. The van der Waals surface area contributed by atoms with E-state index < -0.39 is 10.8 Å². The average molecular weight is 426 g/mol.